The molecule has 1 aliphatic carbocycles. The lowest BCUT2D eigenvalue weighted by Crippen LogP contribution is -2.30. The van der Waals surface area contributed by atoms with Crippen molar-refractivity contribution in [1.29, 1.82) is 0 Å². The third-order valence-electron chi connectivity index (χ3n) is 12.1. The Morgan fingerprint density at radius 1 is 0.483 bits per heavy atom. The second-order valence-corrected chi connectivity index (χ2v) is 15.9. The summed E-state index contributed by atoms with van der Waals surface area (Å²) in [6.45, 7) is 9.04. The minimum atomic E-state index is -0.126. The monoisotopic (exact) mass is 741 g/mol. The molecule has 276 valence electrons. The van der Waals surface area contributed by atoms with Crippen molar-refractivity contribution in [1.82, 2.24) is 4.98 Å². The molecule has 10 rings (SSSR count). The van der Waals surface area contributed by atoms with Gasteiger partial charge in [-0.2, -0.15) is 0 Å². The van der Waals surface area contributed by atoms with Gasteiger partial charge in [-0.3, -0.25) is 0 Å². The van der Waals surface area contributed by atoms with E-state index in [1.165, 1.54) is 71.3 Å². The first-order valence-electron chi connectivity index (χ1n) is 20.2. The SMILES string of the molecule is C=C/C=c1/c(-c2cc(-c3ccccc3)nc(-c3ccccc3)c2)c2ccccc2c(-c2ccc3c(c2)C(C)(C)c2ccccc2-3)/c1=C/Cc1cccc2ccccc12. The van der Waals surface area contributed by atoms with Gasteiger partial charge in [0.15, 0.2) is 0 Å². The molecule has 1 aliphatic rings. The lowest BCUT2D eigenvalue weighted by molar-refractivity contribution is 0.660. The molecule has 0 saturated carbocycles. The van der Waals surface area contributed by atoms with Gasteiger partial charge in [0.1, 0.15) is 0 Å². The zero-order valence-corrected chi connectivity index (χ0v) is 32.9. The molecule has 0 spiro atoms. The predicted molar refractivity (Wildman–Crippen MR) is 247 cm³/mol. The molecule has 0 saturated heterocycles. The van der Waals surface area contributed by atoms with Crippen LogP contribution in [0.3, 0.4) is 0 Å². The zero-order chi connectivity index (χ0) is 39.2. The molecule has 0 bridgehead atoms. The molecule has 0 radical (unpaired) electrons. The largest absolute Gasteiger partial charge is 0.248 e. The van der Waals surface area contributed by atoms with Crippen LogP contribution in [0.15, 0.2) is 195 Å². The number of fused-ring (bicyclic) bond motifs is 5. The number of aromatic nitrogens is 1. The lowest BCUT2D eigenvalue weighted by atomic mass is 9.80. The minimum absolute atomic E-state index is 0.126. The van der Waals surface area contributed by atoms with Crippen molar-refractivity contribution in [2.24, 2.45) is 0 Å². The molecule has 0 amide bonds. The Hall–Kier alpha value is -7.09. The molecule has 58 heavy (non-hydrogen) atoms. The van der Waals surface area contributed by atoms with Crippen LogP contribution in [0.4, 0.5) is 0 Å². The van der Waals surface area contributed by atoms with Gasteiger partial charge in [-0.05, 0) is 107 Å². The Bertz CT molecular complexity index is 3110. The molecule has 1 heterocycles. The fraction of sp³-hybridized carbons (Fsp3) is 0.0702. The Morgan fingerprint density at radius 2 is 1.05 bits per heavy atom. The number of hydrogen-bond acceptors (Lipinski definition) is 1. The van der Waals surface area contributed by atoms with Crippen LogP contribution in [0.1, 0.15) is 30.5 Å². The molecule has 0 aliphatic heterocycles. The Balaban J connectivity index is 1.31. The van der Waals surface area contributed by atoms with Crippen molar-refractivity contribution in [2.75, 3.05) is 0 Å². The summed E-state index contributed by atoms with van der Waals surface area (Å²) in [5.74, 6) is 0. The third-order valence-corrected chi connectivity index (χ3v) is 12.1. The number of rotatable bonds is 7. The summed E-state index contributed by atoms with van der Waals surface area (Å²) >= 11 is 0. The molecule has 0 unspecified atom stereocenters. The molecule has 1 heteroatoms. The fourth-order valence-electron chi connectivity index (χ4n) is 9.33. The van der Waals surface area contributed by atoms with Crippen molar-refractivity contribution >= 4 is 33.7 Å². The van der Waals surface area contributed by atoms with E-state index in [0.717, 1.165) is 39.7 Å². The Labute approximate surface area is 340 Å². The molecular formula is C57H43N. The molecule has 8 aromatic carbocycles. The normalized spacial score (nSPS) is 13.5. The van der Waals surface area contributed by atoms with E-state index in [4.69, 9.17) is 4.98 Å². The molecule has 1 aromatic heterocycles. The highest BCUT2D eigenvalue weighted by Crippen LogP contribution is 2.49. The quantitative estimate of drug-likeness (QED) is 0.158. The highest BCUT2D eigenvalue weighted by molar-refractivity contribution is 6.07. The van der Waals surface area contributed by atoms with Crippen LogP contribution in [0.25, 0.3) is 89.6 Å². The second kappa shape index (κ2) is 14.4. The van der Waals surface area contributed by atoms with E-state index in [0.29, 0.717) is 0 Å². The maximum absolute atomic E-state index is 5.27. The van der Waals surface area contributed by atoms with Crippen LogP contribution < -0.4 is 10.4 Å². The zero-order valence-electron chi connectivity index (χ0n) is 32.9. The average molecular weight is 742 g/mol. The van der Waals surface area contributed by atoms with E-state index in [9.17, 15) is 0 Å². The summed E-state index contributed by atoms with van der Waals surface area (Å²) in [7, 11) is 0. The van der Waals surface area contributed by atoms with Crippen molar-refractivity contribution in [3.05, 3.63) is 222 Å². The van der Waals surface area contributed by atoms with Gasteiger partial charge in [0.05, 0.1) is 11.4 Å². The van der Waals surface area contributed by atoms with Gasteiger partial charge in [0.2, 0.25) is 0 Å². The highest BCUT2D eigenvalue weighted by atomic mass is 14.7. The summed E-state index contributed by atoms with van der Waals surface area (Å²) in [5.41, 5.74) is 15.4. The van der Waals surface area contributed by atoms with E-state index in [1.54, 1.807) is 0 Å². The molecular weight excluding hydrogens is 699 g/mol. The van der Waals surface area contributed by atoms with Crippen LogP contribution in [0.2, 0.25) is 0 Å². The molecule has 0 fully saturated rings. The van der Waals surface area contributed by atoms with Gasteiger partial charge in [-0.15, -0.1) is 0 Å². The first-order chi connectivity index (χ1) is 28.5. The number of nitrogens with zero attached hydrogens (tertiary/aromatic N) is 1. The number of allylic oxidation sites excluding steroid dienone is 1. The van der Waals surface area contributed by atoms with E-state index in [2.05, 4.69) is 215 Å². The van der Waals surface area contributed by atoms with Crippen molar-refractivity contribution < 1.29 is 0 Å². The van der Waals surface area contributed by atoms with Gasteiger partial charge in [0.25, 0.3) is 0 Å². The van der Waals surface area contributed by atoms with Crippen LogP contribution in [-0.4, -0.2) is 4.98 Å². The van der Waals surface area contributed by atoms with Crippen molar-refractivity contribution in [2.45, 2.75) is 25.7 Å². The topological polar surface area (TPSA) is 12.9 Å². The van der Waals surface area contributed by atoms with Crippen LogP contribution in [0, 0.1) is 0 Å². The van der Waals surface area contributed by atoms with Gasteiger partial charge in [-0.25, -0.2) is 4.98 Å². The summed E-state index contributed by atoms with van der Waals surface area (Å²) in [4.78, 5) is 5.27. The third kappa shape index (κ3) is 5.99. The summed E-state index contributed by atoms with van der Waals surface area (Å²) in [6, 6.07) is 66.0. The predicted octanol–water partition coefficient (Wildman–Crippen LogP) is 13.4. The standard InChI is InChI=1S/C57H43N/c1-4-18-47-50(34-31-39-25-17-24-38-19-11-12-26-44(38)39)55(42-32-33-46-45-27-15-16-30-51(45)57(2,3)52(46)35-42)48-28-13-14-29-49(48)56(47)43-36-53(40-20-7-5-8-21-40)58-54(37-43)41-22-9-6-10-23-41/h4-30,32-37H,1,31H2,2-3H3/b47-18+,50-34+. The lowest BCUT2D eigenvalue weighted by Gasteiger charge is -2.23. The second-order valence-electron chi connectivity index (χ2n) is 15.9. The maximum Gasteiger partial charge on any atom is 0.0715 e. The number of benzene rings is 8. The highest BCUT2D eigenvalue weighted by Gasteiger charge is 2.35. The van der Waals surface area contributed by atoms with Gasteiger partial charge in [0, 0.05) is 16.5 Å². The van der Waals surface area contributed by atoms with E-state index < -0.39 is 0 Å². The molecule has 0 N–H and O–H groups in total. The van der Waals surface area contributed by atoms with Gasteiger partial charge in [-0.1, -0.05) is 202 Å². The summed E-state index contributed by atoms with van der Waals surface area (Å²) in [5, 5.41) is 7.30. The molecule has 9 aromatic rings. The average Bonchev–Trinajstić information content (AvgIpc) is 3.51. The van der Waals surface area contributed by atoms with E-state index in [-0.39, 0.29) is 5.41 Å². The van der Waals surface area contributed by atoms with Gasteiger partial charge >= 0.3 is 0 Å². The van der Waals surface area contributed by atoms with Crippen molar-refractivity contribution in [3.63, 3.8) is 0 Å². The maximum atomic E-state index is 5.27. The Kier molecular flexibility index (Phi) is 8.80. The summed E-state index contributed by atoms with van der Waals surface area (Å²) < 4.78 is 0. The first kappa shape index (κ1) is 35.3. The van der Waals surface area contributed by atoms with Gasteiger partial charge < -0.3 is 0 Å². The number of pyridine rings is 1. The summed E-state index contributed by atoms with van der Waals surface area (Å²) in [6.07, 6.45) is 7.41. The first-order valence-corrected chi connectivity index (χ1v) is 20.2. The van der Waals surface area contributed by atoms with Crippen LogP contribution >= 0.6 is 0 Å². The van der Waals surface area contributed by atoms with Crippen LogP contribution in [-0.2, 0) is 11.8 Å². The molecule has 1 nitrogen and oxygen atoms in total. The van der Waals surface area contributed by atoms with Crippen molar-refractivity contribution in [3.8, 4) is 55.9 Å². The van der Waals surface area contributed by atoms with E-state index in [1.807, 2.05) is 6.08 Å². The van der Waals surface area contributed by atoms with Crippen LogP contribution in [0.5, 0.6) is 0 Å². The number of hydrogen-bond donors (Lipinski definition) is 0. The molecule has 0 atom stereocenters. The Morgan fingerprint density at radius 3 is 1.74 bits per heavy atom. The minimum Gasteiger partial charge on any atom is -0.248 e. The smallest absolute Gasteiger partial charge is 0.0715 e. The fourth-order valence-corrected chi connectivity index (χ4v) is 9.33. The van der Waals surface area contributed by atoms with E-state index >= 15 is 0 Å².